The molecule has 0 radical (unpaired) electrons. The SMILES string of the molecule is CC(CCCO)NC(=O)c1ccc(-n2cnnn2)cc1. The zero-order valence-corrected chi connectivity index (χ0v) is 11.2. The highest BCUT2D eigenvalue weighted by Gasteiger charge is 2.09. The normalized spacial score (nSPS) is 12.1. The molecule has 1 heterocycles. The molecule has 2 N–H and O–H groups in total. The Morgan fingerprint density at radius 3 is 2.75 bits per heavy atom. The fraction of sp³-hybridized carbons (Fsp3) is 0.385. The number of benzene rings is 1. The van der Waals surface area contributed by atoms with Crippen LogP contribution in [0.5, 0.6) is 0 Å². The van der Waals surface area contributed by atoms with Crippen LogP contribution < -0.4 is 5.32 Å². The smallest absolute Gasteiger partial charge is 0.251 e. The predicted molar refractivity (Wildman–Crippen MR) is 72.4 cm³/mol. The van der Waals surface area contributed by atoms with E-state index in [-0.39, 0.29) is 18.6 Å². The average Bonchev–Trinajstić information content (AvgIpc) is 2.99. The van der Waals surface area contributed by atoms with Gasteiger partial charge >= 0.3 is 0 Å². The minimum atomic E-state index is -0.126. The van der Waals surface area contributed by atoms with E-state index in [1.54, 1.807) is 24.3 Å². The molecule has 1 unspecified atom stereocenters. The number of aliphatic hydroxyl groups is 1. The van der Waals surface area contributed by atoms with Crippen LogP contribution in [0.1, 0.15) is 30.1 Å². The van der Waals surface area contributed by atoms with E-state index in [1.807, 2.05) is 6.92 Å². The molecule has 1 aromatic carbocycles. The molecular formula is C13H17N5O2. The maximum Gasteiger partial charge on any atom is 0.251 e. The number of tetrazole rings is 1. The van der Waals surface area contributed by atoms with Crippen molar-refractivity contribution >= 4 is 5.91 Å². The lowest BCUT2D eigenvalue weighted by Crippen LogP contribution is -2.32. The second-order valence-electron chi connectivity index (χ2n) is 4.54. The lowest BCUT2D eigenvalue weighted by atomic mass is 10.1. The van der Waals surface area contributed by atoms with Gasteiger partial charge in [0.1, 0.15) is 6.33 Å². The second kappa shape index (κ2) is 6.76. The van der Waals surface area contributed by atoms with Gasteiger partial charge in [-0.3, -0.25) is 4.79 Å². The molecule has 1 aromatic heterocycles. The summed E-state index contributed by atoms with van der Waals surface area (Å²) in [5.41, 5.74) is 1.37. The number of aromatic nitrogens is 4. The third kappa shape index (κ3) is 3.61. The summed E-state index contributed by atoms with van der Waals surface area (Å²) in [5.74, 6) is -0.126. The van der Waals surface area contributed by atoms with Crippen LogP contribution in [0.4, 0.5) is 0 Å². The Hall–Kier alpha value is -2.28. The van der Waals surface area contributed by atoms with E-state index in [9.17, 15) is 4.79 Å². The van der Waals surface area contributed by atoms with E-state index in [4.69, 9.17) is 5.11 Å². The van der Waals surface area contributed by atoms with Crippen molar-refractivity contribution in [1.82, 2.24) is 25.5 Å². The first-order valence-corrected chi connectivity index (χ1v) is 6.46. The van der Waals surface area contributed by atoms with Crippen molar-refractivity contribution in [2.24, 2.45) is 0 Å². The Labute approximate surface area is 116 Å². The summed E-state index contributed by atoms with van der Waals surface area (Å²) in [7, 11) is 0. The number of hydrogen-bond donors (Lipinski definition) is 2. The summed E-state index contributed by atoms with van der Waals surface area (Å²) in [4.78, 5) is 12.0. The lowest BCUT2D eigenvalue weighted by Gasteiger charge is -2.13. The number of hydrogen-bond acceptors (Lipinski definition) is 5. The van der Waals surface area contributed by atoms with Crippen LogP contribution in [-0.2, 0) is 0 Å². The molecule has 2 aromatic rings. The first kappa shape index (κ1) is 14.1. The van der Waals surface area contributed by atoms with Crippen molar-refractivity contribution in [1.29, 1.82) is 0 Å². The molecule has 0 bridgehead atoms. The van der Waals surface area contributed by atoms with Crippen LogP contribution in [0.3, 0.4) is 0 Å². The molecule has 0 aliphatic rings. The zero-order chi connectivity index (χ0) is 14.4. The summed E-state index contributed by atoms with van der Waals surface area (Å²) in [5, 5.41) is 22.5. The number of nitrogens with one attached hydrogen (secondary N) is 1. The largest absolute Gasteiger partial charge is 0.396 e. The summed E-state index contributed by atoms with van der Waals surface area (Å²) in [6, 6.07) is 7.05. The van der Waals surface area contributed by atoms with Crippen molar-refractivity contribution in [3.63, 3.8) is 0 Å². The summed E-state index contributed by atoms with van der Waals surface area (Å²) >= 11 is 0. The second-order valence-corrected chi connectivity index (χ2v) is 4.54. The predicted octanol–water partition coefficient (Wildman–Crippen LogP) is 0.553. The van der Waals surface area contributed by atoms with Gasteiger partial charge in [-0.2, -0.15) is 0 Å². The Morgan fingerprint density at radius 1 is 1.40 bits per heavy atom. The molecule has 0 saturated carbocycles. The highest BCUT2D eigenvalue weighted by molar-refractivity contribution is 5.94. The van der Waals surface area contributed by atoms with Crippen LogP contribution in [0, 0.1) is 0 Å². The topological polar surface area (TPSA) is 92.9 Å². The standard InChI is InChI=1S/C13H17N5O2/c1-10(3-2-8-19)15-13(20)11-4-6-12(7-5-11)18-9-14-16-17-18/h4-7,9-10,19H,2-3,8H2,1H3,(H,15,20). The van der Waals surface area contributed by atoms with Crippen molar-refractivity contribution < 1.29 is 9.90 Å². The quantitative estimate of drug-likeness (QED) is 0.803. The summed E-state index contributed by atoms with van der Waals surface area (Å²) < 4.78 is 1.52. The van der Waals surface area contributed by atoms with E-state index < -0.39 is 0 Å². The van der Waals surface area contributed by atoms with Gasteiger partial charge < -0.3 is 10.4 Å². The van der Waals surface area contributed by atoms with E-state index >= 15 is 0 Å². The van der Waals surface area contributed by atoms with E-state index in [2.05, 4.69) is 20.8 Å². The maximum atomic E-state index is 12.0. The molecule has 0 aliphatic heterocycles. The van der Waals surface area contributed by atoms with Gasteiger partial charge in [0.25, 0.3) is 5.91 Å². The molecule has 106 valence electrons. The van der Waals surface area contributed by atoms with Crippen LogP contribution in [0.25, 0.3) is 5.69 Å². The van der Waals surface area contributed by atoms with Crippen molar-refractivity contribution in [3.8, 4) is 5.69 Å². The fourth-order valence-electron chi connectivity index (χ4n) is 1.82. The number of nitrogens with zero attached hydrogens (tertiary/aromatic N) is 4. The Balaban J connectivity index is 1.97. The van der Waals surface area contributed by atoms with E-state index in [1.165, 1.54) is 11.0 Å². The number of amides is 1. The fourth-order valence-corrected chi connectivity index (χ4v) is 1.82. The summed E-state index contributed by atoms with van der Waals surface area (Å²) in [6.45, 7) is 2.06. The number of aliphatic hydroxyl groups excluding tert-OH is 1. The molecule has 7 nitrogen and oxygen atoms in total. The molecule has 0 aliphatic carbocycles. The highest BCUT2D eigenvalue weighted by Crippen LogP contribution is 2.08. The number of carbonyl (C=O) groups excluding carboxylic acids is 1. The first-order chi connectivity index (χ1) is 9.70. The van der Waals surface area contributed by atoms with Crippen LogP contribution in [-0.4, -0.2) is 43.9 Å². The average molecular weight is 275 g/mol. The number of rotatable bonds is 6. The zero-order valence-electron chi connectivity index (χ0n) is 11.2. The monoisotopic (exact) mass is 275 g/mol. The van der Waals surface area contributed by atoms with Crippen molar-refractivity contribution in [2.45, 2.75) is 25.8 Å². The van der Waals surface area contributed by atoms with E-state index in [0.29, 0.717) is 12.0 Å². The molecular weight excluding hydrogens is 258 g/mol. The highest BCUT2D eigenvalue weighted by atomic mass is 16.3. The Kier molecular flexibility index (Phi) is 4.78. The van der Waals surface area contributed by atoms with Gasteiger partial charge in [0, 0.05) is 18.2 Å². The van der Waals surface area contributed by atoms with Gasteiger partial charge in [-0.25, -0.2) is 4.68 Å². The molecule has 20 heavy (non-hydrogen) atoms. The van der Waals surface area contributed by atoms with Crippen LogP contribution in [0.15, 0.2) is 30.6 Å². The molecule has 7 heteroatoms. The Morgan fingerprint density at radius 2 is 2.15 bits per heavy atom. The van der Waals surface area contributed by atoms with Gasteiger partial charge in [-0.15, -0.1) is 5.10 Å². The van der Waals surface area contributed by atoms with Crippen molar-refractivity contribution in [2.75, 3.05) is 6.61 Å². The minimum absolute atomic E-state index is 0.0360. The van der Waals surface area contributed by atoms with Gasteiger partial charge in [0.2, 0.25) is 0 Å². The van der Waals surface area contributed by atoms with Crippen molar-refractivity contribution in [3.05, 3.63) is 36.2 Å². The maximum absolute atomic E-state index is 12.0. The number of carbonyl (C=O) groups is 1. The van der Waals surface area contributed by atoms with Gasteiger partial charge in [0.15, 0.2) is 0 Å². The third-order valence-electron chi connectivity index (χ3n) is 2.92. The third-order valence-corrected chi connectivity index (χ3v) is 2.92. The lowest BCUT2D eigenvalue weighted by molar-refractivity contribution is 0.0936. The minimum Gasteiger partial charge on any atom is -0.396 e. The van der Waals surface area contributed by atoms with Gasteiger partial charge in [0.05, 0.1) is 5.69 Å². The molecule has 2 rings (SSSR count). The van der Waals surface area contributed by atoms with Gasteiger partial charge in [-0.05, 0) is 54.5 Å². The van der Waals surface area contributed by atoms with Crippen LogP contribution in [0.2, 0.25) is 0 Å². The van der Waals surface area contributed by atoms with E-state index in [0.717, 1.165) is 12.1 Å². The van der Waals surface area contributed by atoms with Crippen LogP contribution >= 0.6 is 0 Å². The summed E-state index contributed by atoms with van der Waals surface area (Å²) in [6.07, 6.45) is 2.93. The Bertz CT molecular complexity index is 538. The van der Waals surface area contributed by atoms with Gasteiger partial charge in [-0.1, -0.05) is 0 Å². The molecule has 1 atom stereocenters. The molecule has 0 saturated heterocycles. The molecule has 0 spiro atoms. The molecule has 0 fully saturated rings. The molecule has 1 amide bonds. The first-order valence-electron chi connectivity index (χ1n) is 6.46.